The topological polar surface area (TPSA) is 66.8 Å². The van der Waals surface area contributed by atoms with Crippen LogP contribution < -0.4 is 0 Å². The van der Waals surface area contributed by atoms with E-state index in [2.05, 4.69) is 4.74 Å². The largest absolute Gasteiger partial charge is 0.467 e. The maximum Gasteiger partial charge on any atom is 0.340 e. The highest BCUT2D eigenvalue weighted by molar-refractivity contribution is 5.79. The van der Waals surface area contributed by atoms with Crippen molar-refractivity contribution in [2.75, 3.05) is 13.7 Å². The van der Waals surface area contributed by atoms with E-state index in [4.69, 9.17) is 5.11 Å². The van der Waals surface area contributed by atoms with Gasteiger partial charge in [-0.05, 0) is 5.56 Å². The number of hydrogen-bond donors (Lipinski definition) is 2. The Bertz CT molecular complexity index is 323. The van der Waals surface area contributed by atoms with Crippen molar-refractivity contribution >= 4 is 5.97 Å². The molecular formula is C11H14O4. The summed E-state index contributed by atoms with van der Waals surface area (Å²) in [6.07, 6.45) is 0.0387. The molecule has 1 aromatic carbocycles. The third-order valence-corrected chi connectivity index (χ3v) is 2.17. The molecule has 0 aromatic heterocycles. The minimum Gasteiger partial charge on any atom is -0.467 e. The zero-order chi connectivity index (χ0) is 11.3. The second-order valence-corrected chi connectivity index (χ2v) is 3.34. The lowest BCUT2D eigenvalue weighted by atomic mass is 9.95. The number of ether oxygens (including phenoxy) is 1. The summed E-state index contributed by atoms with van der Waals surface area (Å²) in [6.45, 7) is -0.658. The van der Waals surface area contributed by atoms with Crippen molar-refractivity contribution in [1.82, 2.24) is 0 Å². The molecule has 1 unspecified atom stereocenters. The minimum absolute atomic E-state index is 0.0387. The van der Waals surface area contributed by atoms with Crippen LogP contribution in [-0.4, -0.2) is 35.5 Å². The number of rotatable bonds is 4. The number of methoxy groups -OCH3 is 1. The average molecular weight is 210 g/mol. The van der Waals surface area contributed by atoms with Crippen LogP contribution in [0.2, 0.25) is 0 Å². The fourth-order valence-electron chi connectivity index (χ4n) is 1.32. The summed E-state index contributed by atoms with van der Waals surface area (Å²) >= 11 is 0. The summed E-state index contributed by atoms with van der Waals surface area (Å²) in [5.41, 5.74) is -1.09. The van der Waals surface area contributed by atoms with E-state index < -0.39 is 18.2 Å². The first-order chi connectivity index (χ1) is 7.12. The molecule has 4 nitrogen and oxygen atoms in total. The van der Waals surface area contributed by atoms with Gasteiger partial charge in [0.2, 0.25) is 0 Å². The summed E-state index contributed by atoms with van der Waals surface area (Å²) in [6, 6.07) is 8.96. The molecule has 0 heterocycles. The lowest BCUT2D eigenvalue weighted by Gasteiger charge is -2.22. The highest BCUT2D eigenvalue weighted by atomic mass is 16.5. The molecule has 1 atom stereocenters. The van der Waals surface area contributed by atoms with Gasteiger partial charge in [0.05, 0.1) is 13.7 Å². The molecule has 0 amide bonds. The summed E-state index contributed by atoms with van der Waals surface area (Å²) in [5.74, 6) is -0.825. The molecule has 0 saturated heterocycles. The Balaban J connectivity index is 2.81. The van der Waals surface area contributed by atoms with Gasteiger partial charge in [0, 0.05) is 6.42 Å². The Morgan fingerprint density at radius 1 is 1.40 bits per heavy atom. The molecule has 0 fully saturated rings. The van der Waals surface area contributed by atoms with E-state index in [1.165, 1.54) is 7.11 Å². The molecule has 0 radical (unpaired) electrons. The van der Waals surface area contributed by atoms with Crippen LogP contribution in [-0.2, 0) is 16.0 Å². The molecule has 82 valence electrons. The Hall–Kier alpha value is -1.39. The molecule has 0 aliphatic heterocycles. The summed E-state index contributed by atoms with van der Waals surface area (Å²) < 4.78 is 4.43. The second kappa shape index (κ2) is 4.91. The van der Waals surface area contributed by atoms with E-state index in [0.717, 1.165) is 5.56 Å². The molecule has 1 aromatic rings. The van der Waals surface area contributed by atoms with Crippen molar-refractivity contribution in [2.45, 2.75) is 12.0 Å². The van der Waals surface area contributed by atoms with Crippen LogP contribution in [0.3, 0.4) is 0 Å². The van der Waals surface area contributed by atoms with Gasteiger partial charge in [-0.3, -0.25) is 0 Å². The second-order valence-electron chi connectivity index (χ2n) is 3.34. The normalized spacial score (nSPS) is 14.3. The van der Waals surface area contributed by atoms with E-state index >= 15 is 0 Å². The number of hydrogen-bond acceptors (Lipinski definition) is 4. The zero-order valence-corrected chi connectivity index (χ0v) is 8.51. The van der Waals surface area contributed by atoms with Crippen molar-refractivity contribution in [3.05, 3.63) is 35.9 Å². The smallest absolute Gasteiger partial charge is 0.340 e. The zero-order valence-electron chi connectivity index (χ0n) is 8.51. The summed E-state index contributed by atoms with van der Waals surface area (Å²) in [5, 5.41) is 18.8. The van der Waals surface area contributed by atoms with Gasteiger partial charge in [0.15, 0.2) is 5.60 Å². The first kappa shape index (κ1) is 11.7. The number of aliphatic hydroxyl groups is 2. The Morgan fingerprint density at radius 2 is 2.00 bits per heavy atom. The quantitative estimate of drug-likeness (QED) is 0.693. The van der Waals surface area contributed by atoms with Crippen molar-refractivity contribution < 1.29 is 19.7 Å². The Kier molecular flexibility index (Phi) is 3.82. The van der Waals surface area contributed by atoms with Crippen molar-refractivity contribution in [2.24, 2.45) is 0 Å². The van der Waals surface area contributed by atoms with Crippen LogP contribution in [0.5, 0.6) is 0 Å². The SMILES string of the molecule is COC(=O)C(O)(CO)Cc1ccccc1. The molecule has 0 saturated carbocycles. The Morgan fingerprint density at radius 3 is 2.47 bits per heavy atom. The van der Waals surface area contributed by atoms with E-state index in [9.17, 15) is 9.90 Å². The van der Waals surface area contributed by atoms with Gasteiger partial charge in [-0.1, -0.05) is 30.3 Å². The molecule has 0 spiro atoms. The van der Waals surface area contributed by atoms with Crippen LogP contribution in [0.15, 0.2) is 30.3 Å². The molecule has 0 bridgehead atoms. The number of carbonyl (C=O) groups excluding carboxylic acids is 1. The number of esters is 1. The summed E-state index contributed by atoms with van der Waals surface area (Å²) in [7, 11) is 1.17. The van der Waals surface area contributed by atoms with Gasteiger partial charge in [-0.25, -0.2) is 4.79 Å². The fraction of sp³-hybridized carbons (Fsp3) is 0.364. The average Bonchev–Trinajstić information content (AvgIpc) is 2.29. The van der Waals surface area contributed by atoms with E-state index in [0.29, 0.717) is 0 Å². The number of carbonyl (C=O) groups is 1. The molecule has 1 rings (SSSR count). The maximum absolute atomic E-state index is 11.2. The fourth-order valence-corrected chi connectivity index (χ4v) is 1.32. The van der Waals surface area contributed by atoms with Crippen LogP contribution in [0.1, 0.15) is 5.56 Å². The first-order valence-electron chi connectivity index (χ1n) is 4.58. The minimum atomic E-state index is -1.85. The van der Waals surface area contributed by atoms with Gasteiger partial charge in [0.1, 0.15) is 0 Å². The number of benzene rings is 1. The van der Waals surface area contributed by atoms with Crippen LogP contribution in [0, 0.1) is 0 Å². The lowest BCUT2D eigenvalue weighted by molar-refractivity contribution is -0.166. The van der Waals surface area contributed by atoms with Gasteiger partial charge >= 0.3 is 5.97 Å². The van der Waals surface area contributed by atoms with Gasteiger partial charge in [-0.2, -0.15) is 0 Å². The standard InChI is InChI=1S/C11H14O4/c1-15-10(13)11(14,8-12)7-9-5-3-2-4-6-9/h2-6,12,14H,7-8H2,1H3. The monoisotopic (exact) mass is 210 g/mol. The molecule has 0 aliphatic rings. The van der Waals surface area contributed by atoms with Crippen molar-refractivity contribution in [3.8, 4) is 0 Å². The van der Waals surface area contributed by atoms with Crippen molar-refractivity contribution in [3.63, 3.8) is 0 Å². The molecule has 0 aliphatic carbocycles. The molecule has 15 heavy (non-hydrogen) atoms. The molecule has 2 N–H and O–H groups in total. The van der Waals surface area contributed by atoms with Gasteiger partial charge in [0.25, 0.3) is 0 Å². The van der Waals surface area contributed by atoms with Crippen LogP contribution >= 0.6 is 0 Å². The van der Waals surface area contributed by atoms with Gasteiger partial charge in [-0.15, -0.1) is 0 Å². The first-order valence-corrected chi connectivity index (χ1v) is 4.58. The van der Waals surface area contributed by atoms with Crippen LogP contribution in [0.4, 0.5) is 0 Å². The van der Waals surface area contributed by atoms with E-state index in [1.54, 1.807) is 24.3 Å². The van der Waals surface area contributed by atoms with E-state index in [-0.39, 0.29) is 6.42 Å². The lowest BCUT2D eigenvalue weighted by Crippen LogP contribution is -2.45. The van der Waals surface area contributed by atoms with Crippen molar-refractivity contribution in [1.29, 1.82) is 0 Å². The molecule has 4 heteroatoms. The van der Waals surface area contributed by atoms with E-state index in [1.807, 2.05) is 6.07 Å². The third-order valence-electron chi connectivity index (χ3n) is 2.17. The third kappa shape index (κ3) is 2.78. The number of aliphatic hydroxyl groups excluding tert-OH is 1. The predicted octanol–water partition coefficient (Wildman–Crippen LogP) is 0.125. The summed E-state index contributed by atoms with van der Waals surface area (Å²) in [4.78, 5) is 11.2. The Labute approximate surface area is 88.1 Å². The van der Waals surface area contributed by atoms with Gasteiger partial charge < -0.3 is 14.9 Å². The maximum atomic E-state index is 11.2. The van der Waals surface area contributed by atoms with Crippen LogP contribution in [0.25, 0.3) is 0 Å². The predicted molar refractivity (Wildman–Crippen MR) is 54.2 cm³/mol. The highest BCUT2D eigenvalue weighted by Gasteiger charge is 2.36. The molecular weight excluding hydrogens is 196 g/mol. The highest BCUT2D eigenvalue weighted by Crippen LogP contribution is 2.14.